The summed E-state index contributed by atoms with van der Waals surface area (Å²) in [6, 6.07) is 1.24. The first-order valence-electron chi connectivity index (χ1n) is 8.23. The normalized spacial score (nSPS) is 25.7. The second-order valence-electron chi connectivity index (χ2n) is 6.24. The molecule has 0 saturated carbocycles. The quantitative estimate of drug-likeness (QED) is 0.597. The number of aromatic hydroxyl groups is 1. The summed E-state index contributed by atoms with van der Waals surface area (Å²) in [6.07, 6.45) is 6.45. The van der Waals surface area contributed by atoms with E-state index in [1.807, 2.05) is 6.08 Å². The number of phenols is 1. The number of phenolic OH excluding ortho intramolecular Hbond substituents is 1. The topological polar surface area (TPSA) is 85.4 Å². The number of epoxide rings is 1. The van der Waals surface area contributed by atoms with Crippen LogP contribution in [0.25, 0.3) is 0 Å². The molecule has 0 bridgehead atoms. The number of halogens is 1. The van der Waals surface area contributed by atoms with Gasteiger partial charge in [0.15, 0.2) is 5.78 Å². The number of methoxy groups -OCH3 is 1. The number of ketones is 1. The minimum Gasteiger partial charge on any atom is -0.507 e. The summed E-state index contributed by atoms with van der Waals surface area (Å²) in [7, 11) is 1.38. The summed E-state index contributed by atoms with van der Waals surface area (Å²) in [5, 5.41) is 10.4. The predicted octanol–water partition coefficient (Wildman–Crippen LogP) is 2.99. The SMILES string of the molecule is COc1cc(O)c2c(c1Cl)CC(=O)C=CC=C[C@H]1O[C@@H]1C[C@@H](C)OC2=O. The van der Waals surface area contributed by atoms with E-state index >= 15 is 0 Å². The van der Waals surface area contributed by atoms with Crippen LogP contribution in [0.3, 0.4) is 0 Å². The molecule has 2 heterocycles. The highest BCUT2D eigenvalue weighted by atomic mass is 35.5. The lowest BCUT2D eigenvalue weighted by atomic mass is 9.99. The maximum Gasteiger partial charge on any atom is 0.342 e. The summed E-state index contributed by atoms with van der Waals surface area (Å²) in [5.74, 6) is -1.19. The first-order chi connectivity index (χ1) is 12.4. The van der Waals surface area contributed by atoms with Crippen LogP contribution in [0.5, 0.6) is 11.5 Å². The van der Waals surface area contributed by atoms with E-state index in [-0.39, 0.29) is 52.1 Å². The number of cyclic esters (lactones) is 1. The van der Waals surface area contributed by atoms with Crippen molar-refractivity contribution >= 4 is 23.4 Å². The van der Waals surface area contributed by atoms with E-state index < -0.39 is 12.1 Å². The number of fused-ring (bicyclic) bond motifs is 2. The van der Waals surface area contributed by atoms with Crippen LogP contribution in [0.4, 0.5) is 0 Å². The molecule has 1 saturated heterocycles. The molecule has 1 N–H and O–H groups in total. The Kier molecular flexibility index (Phi) is 5.34. The van der Waals surface area contributed by atoms with E-state index in [4.69, 9.17) is 25.8 Å². The van der Waals surface area contributed by atoms with Gasteiger partial charge in [0.25, 0.3) is 0 Å². The monoisotopic (exact) mass is 378 g/mol. The molecule has 138 valence electrons. The fourth-order valence-electron chi connectivity index (χ4n) is 2.92. The minimum atomic E-state index is -0.740. The van der Waals surface area contributed by atoms with E-state index in [1.54, 1.807) is 19.1 Å². The molecule has 0 aromatic heterocycles. The van der Waals surface area contributed by atoms with Crippen LogP contribution >= 0.6 is 11.6 Å². The Morgan fingerprint density at radius 1 is 1.31 bits per heavy atom. The third-order valence-corrected chi connectivity index (χ3v) is 4.68. The zero-order valence-corrected chi connectivity index (χ0v) is 15.2. The molecule has 1 aromatic rings. The Balaban J connectivity index is 2.03. The fourth-order valence-corrected chi connectivity index (χ4v) is 3.21. The smallest absolute Gasteiger partial charge is 0.342 e. The third kappa shape index (κ3) is 3.92. The largest absolute Gasteiger partial charge is 0.507 e. The average molecular weight is 379 g/mol. The molecule has 0 amide bonds. The van der Waals surface area contributed by atoms with Gasteiger partial charge in [-0.2, -0.15) is 0 Å². The van der Waals surface area contributed by atoms with Crippen molar-refractivity contribution in [2.75, 3.05) is 7.11 Å². The number of hydrogen-bond acceptors (Lipinski definition) is 6. The van der Waals surface area contributed by atoms with E-state index in [9.17, 15) is 14.7 Å². The van der Waals surface area contributed by atoms with Crippen molar-refractivity contribution in [1.29, 1.82) is 0 Å². The molecule has 6 nitrogen and oxygen atoms in total. The minimum absolute atomic E-state index is 0.0337. The van der Waals surface area contributed by atoms with Crippen molar-refractivity contribution in [1.82, 2.24) is 0 Å². The lowest BCUT2D eigenvalue weighted by Gasteiger charge is -2.17. The third-order valence-electron chi connectivity index (χ3n) is 4.27. The molecule has 0 radical (unpaired) electrons. The standard InChI is InChI=1S/C19H19ClO6/c1-10-7-15-14(26-15)6-4-3-5-11(21)8-12-17(19(23)25-10)13(22)9-16(24-2)18(12)20/h3-6,9-10,14-15,22H,7-8H2,1-2H3/t10-,14-,15-/m1/s1. The van der Waals surface area contributed by atoms with Crippen molar-refractivity contribution in [3.05, 3.63) is 46.5 Å². The number of hydrogen-bond donors (Lipinski definition) is 1. The lowest BCUT2D eigenvalue weighted by Crippen LogP contribution is -2.20. The molecular formula is C19H19ClO6. The van der Waals surface area contributed by atoms with E-state index in [0.29, 0.717) is 6.42 Å². The molecule has 0 unspecified atom stereocenters. The summed E-state index contributed by atoms with van der Waals surface area (Å²) < 4.78 is 16.0. The van der Waals surface area contributed by atoms with Gasteiger partial charge in [0.2, 0.25) is 0 Å². The van der Waals surface area contributed by atoms with Gasteiger partial charge in [0, 0.05) is 24.5 Å². The van der Waals surface area contributed by atoms with Crippen LogP contribution in [-0.4, -0.2) is 42.3 Å². The van der Waals surface area contributed by atoms with Gasteiger partial charge >= 0.3 is 5.97 Å². The van der Waals surface area contributed by atoms with Crippen molar-refractivity contribution in [3.63, 3.8) is 0 Å². The highest BCUT2D eigenvalue weighted by Gasteiger charge is 2.38. The van der Waals surface area contributed by atoms with Gasteiger partial charge < -0.3 is 19.3 Å². The van der Waals surface area contributed by atoms with E-state index in [0.717, 1.165) is 0 Å². The summed E-state index contributed by atoms with van der Waals surface area (Å²) in [5.41, 5.74) is 0.0576. The zero-order chi connectivity index (χ0) is 18.8. The van der Waals surface area contributed by atoms with Crippen LogP contribution in [-0.2, 0) is 20.7 Å². The highest BCUT2D eigenvalue weighted by Crippen LogP contribution is 2.38. The van der Waals surface area contributed by atoms with Gasteiger partial charge in [-0.1, -0.05) is 29.8 Å². The Morgan fingerprint density at radius 2 is 2.08 bits per heavy atom. The second-order valence-corrected chi connectivity index (χ2v) is 6.62. The van der Waals surface area contributed by atoms with Gasteiger partial charge in [-0.05, 0) is 13.0 Å². The van der Waals surface area contributed by atoms with Gasteiger partial charge in [-0.25, -0.2) is 4.79 Å². The van der Waals surface area contributed by atoms with Gasteiger partial charge in [-0.3, -0.25) is 4.79 Å². The Bertz CT molecular complexity index is 798. The first kappa shape index (κ1) is 18.5. The molecule has 3 atom stereocenters. The van der Waals surface area contributed by atoms with Crippen molar-refractivity contribution in [2.24, 2.45) is 0 Å². The fraction of sp³-hybridized carbons (Fsp3) is 0.368. The maximum atomic E-state index is 12.6. The molecule has 1 fully saturated rings. The van der Waals surface area contributed by atoms with E-state index in [2.05, 4.69) is 0 Å². The Hall–Kier alpha value is -2.31. The maximum absolute atomic E-state index is 12.6. The molecule has 1 aromatic carbocycles. The van der Waals surface area contributed by atoms with Gasteiger partial charge in [0.1, 0.15) is 29.3 Å². The van der Waals surface area contributed by atoms with Gasteiger partial charge in [0.05, 0.1) is 18.2 Å². The van der Waals surface area contributed by atoms with Crippen molar-refractivity contribution < 1.29 is 28.9 Å². The molecule has 26 heavy (non-hydrogen) atoms. The molecule has 2 aliphatic heterocycles. The zero-order valence-electron chi connectivity index (χ0n) is 14.4. The number of rotatable bonds is 1. The summed E-state index contributed by atoms with van der Waals surface area (Å²) >= 11 is 6.29. The summed E-state index contributed by atoms with van der Waals surface area (Å²) in [6.45, 7) is 1.75. The number of esters is 1. The van der Waals surface area contributed by atoms with Crippen LogP contribution in [0.2, 0.25) is 5.02 Å². The number of allylic oxidation sites excluding steroid dienone is 3. The van der Waals surface area contributed by atoms with Gasteiger partial charge in [-0.15, -0.1) is 0 Å². The number of carbonyl (C=O) groups is 2. The molecule has 7 heteroatoms. The highest BCUT2D eigenvalue weighted by molar-refractivity contribution is 6.33. The molecule has 0 aliphatic carbocycles. The molecule has 0 spiro atoms. The molecule has 3 rings (SSSR count). The predicted molar refractivity (Wildman–Crippen MR) is 94.8 cm³/mol. The van der Waals surface area contributed by atoms with Crippen molar-refractivity contribution in [3.8, 4) is 11.5 Å². The van der Waals surface area contributed by atoms with Crippen LogP contribution in [0.1, 0.15) is 29.3 Å². The number of carbonyl (C=O) groups excluding carboxylic acids is 2. The second kappa shape index (κ2) is 7.51. The Labute approximate surface area is 156 Å². The van der Waals surface area contributed by atoms with Crippen molar-refractivity contribution in [2.45, 2.75) is 38.1 Å². The van der Waals surface area contributed by atoms with Crippen LogP contribution in [0, 0.1) is 0 Å². The van der Waals surface area contributed by atoms with Crippen LogP contribution < -0.4 is 4.74 Å². The van der Waals surface area contributed by atoms with Crippen LogP contribution in [0.15, 0.2) is 30.4 Å². The number of benzene rings is 1. The number of ether oxygens (including phenoxy) is 3. The Morgan fingerprint density at radius 3 is 2.81 bits per heavy atom. The first-order valence-corrected chi connectivity index (χ1v) is 8.61. The van der Waals surface area contributed by atoms with E-state index in [1.165, 1.54) is 19.3 Å². The molecular weight excluding hydrogens is 360 g/mol. The summed E-state index contributed by atoms with van der Waals surface area (Å²) in [4.78, 5) is 24.9. The average Bonchev–Trinajstić information content (AvgIpc) is 3.31. The lowest BCUT2D eigenvalue weighted by molar-refractivity contribution is -0.114. The molecule has 2 aliphatic rings.